The van der Waals surface area contributed by atoms with Crippen LogP contribution in [0.25, 0.3) is 0 Å². The minimum Gasteiger partial charge on any atom is -0.314 e. The van der Waals surface area contributed by atoms with E-state index < -0.39 is 5.54 Å². The number of carbonyl (C=O) groups excluding carboxylic acids is 1. The van der Waals surface area contributed by atoms with Crippen LogP contribution in [0.1, 0.15) is 19.8 Å². The molecule has 1 saturated heterocycles. The Morgan fingerprint density at radius 3 is 2.92 bits per heavy atom. The standard InChI is InChI=1S/C8H13N3O/c1-6-10-7(12)8(11-6)3-2-4-9-5-8/h9H,2-5H2,1H3,(H,10,11,12)/t8-/m0/s1. The van der Waals surface area contributed by atoms with Crippen LogP contribution >= 0.6 is 0 Å². The van der Waals surface area contributed by atoms with Crippen molar-refractivity contribution < 1.29 is 4.79 Å². The summed E-state index contributed by atoms with van der Waals surface area (Å²) in [7, 11) is 0. The highest BCUT2D eigenvalue weighted by molar-refractivity contribution is 6.07. The molecule has 66 valence electrons. The average molecular weight is 167 g/mol. The Hall–Kier alpha value is -0.900. The van der Waals surface area contributed by atoms with Gasteiger partial charge in [-0.25, -0.2) is 0 Å². The highest BCUT2D eigenvalue weighted by Crippen LogP contribution is 2.24. The highest BCUT2D eigenvalue weighted by atomic mass is 16.2. The minimum absolute atomic E-state index is 0.0622. The van der Waals surface area contributed by atoms with Crippen molar-refractivity contribution in [2.24, 2.45) is 4.99 Å². The van der Waals surface area contributed by atoms with Crippen LogP contribution in [0.15, 0.2) is 4.99 Å². The average Bonchev–Trinajstić information content (AvgIpc) is 2.29. The maximum Gasteiger partial charge on any atom is 0.254 e. The summed E-state index contributed by atoms with van der Waals surface area (Å²) >= 11 is 0. The number of carbonyl (C=O) groups is 1. The van der Waals surface area contributed by atoms with Crippen LogP contribution in [0.5, 0.6) is 0 Å². The molecular weight excluding hydrogens is 154 g/mol. The van der Waals surface area contributed by atoms with Crippen molar-refractivity contribution in [1.82, 2.24) is 10.6 Å². The zero-order valence-corrected chi connectivity index (χ0v) is 7.18. The molecule has 1 spiro atoms. The Balaban J connectivity index is 2.23. The number of piperidine rings is 1. The van der Waals surface area contributed by atoms with E-state index in [0.29, 0.717) is 6.54 Å². The van der Waals surface area contributed by atoms with Crippen molar-refractivity contribution in [3.05, 3.63) is 0 Å². The SMILES string of the molecule is CC1=N[C@]2(CCCNC2)C(=O)N1. The third kappa shape index (κ3) is 1.03. The van der Waals surface area contributed by atoms with E-state index in [1.54, 1.807) is 0 Å². The summed E-state index contributed by atoms with van der Waals surface area (Å²) in [6.45, 7) is 3.53. The van der Waals surface area contributed by atoms with Gasteiger partial charge >= 0.3 is 0 Å². The van der Waals surface area contributed by atoms with E-state index >= 15 is 0 Å². The molecule has 2 rings (SSSR count). The second-order valence-electron chi connectivity index (χ2n) is 3.46. The number of hydrogen-bond acceptors (Lipinski definition) is 3. The van der Waals surface area contributed by atoms with Gasteiger partial charge in [-0.15, -0.1) is 0 Å². The number of rotatable bonds is 0. The lowest BCUT2D eigenvalue weighted by Crippen LogP contribution is -2.50. The van der Waals surface area contributed by atoms with Gasteiger partial charge in [0.2, 0.25) is 0 Å². The molecule has 1 atom stereocenters. The maximum absolute atomic E-state index is 11.5. The van der Waals surface area contributed by atoms with Crippen LogP contribution in [0.4, 0.5) is 0 Å². The highest BCUT2D eigenvalue weighted by Gasteiger charge is 2.43. The Morgan fingerprint density at radius 2 is 2.42 bits per heavy atom. The summed E-state index contributed by atoms with van der Waals surface area (Å²) in [5.74, 6) is 0.816. The minimum atomic E-state index is -0.470. The fraction of sp³-hybridized carbons (Fsp3) is 0.750. The van der Waals surface area contributed by atoms with Crippen molar-refractivity contribution in [1.29, 1.82) is 0 Å². The van der Waals surface area contributed by atoms with Gasteiger partial charge < -0.3 is 10.6 Å². The Bertz CT molecular complexity index is 241. The number of hydrogen-bond donors (Lipinski definition) is 2. The molecule has 2 heterocycles. The van der Waals surface area contributed by atoms with Gasteiger partial charge in [-0.1, -0.05) is 0 Å². The molecule has 0 aromatic carbocycles. The van der Waals surface area contributed by atoms with Crippen LogP contribution in [0.2, 0.25) is 0 Å². The molecule has 0 aromatic rings. The molecule has 2 aliphatic rings. The molecule has 1 amide bonds. The van der Waals surface area contributed by atoms with Crippen LogP contribution < -0.4 is 10.6 Å². The maximum atomic E-state index is 11.5. The quantitative estimate of drug-likeness (QED) is 0.518. The van der Waals surface area contributed by atoms with Crippen molar-refractivity contribution in [2.75, 3.05) is 13.1 Å². The van der Waals surface area contributed by atoms with Gasteiger partial charge in [0.1, 0.15) is 5.84 Å². The Labute approximate surface area is 71.4 Å². The molecule has 0 unspecified atom stereocenters. The monoisotopic (exact) mass is 167 g/mol. The predicted octanol–water partition coefficient (Wildman–Crippen LogP) is -0.343. The topological polar surface area (TPSA) is 53.5 Å². The fourth-order valence-electron chi connectivity index (χ4n) is 1.86. The summed E-state index contributed by atoms with van der Waals surface area (Å²) in [4.78, 5) is 15.8. The third-order valence-electron chi connectivity index (χ3n) is 2.46. The first kappa shape index (κ1) is 7.73. The number of amidine groups is 1. The summed E-state index contributed by atoms with van der Waals surface area (Å²) < 4.78 is 0. The van der Waals surface area contributed by atoms with E-state index in [1.807, 2.05) is 6.92 Å². The van der Waals surface area contributed by atoms with Crippen LogP contribution in [-0.4, -0.2) is 30.4 Å². The van der Waals surface area contributed by atoms with E-state index in [-0.39, 0.29) is 5.91 Å². The molecular formula is C8H13N3O. The number of nitrogens with zero attached hydrogens (tertiary/aromatic N) is 1. The van der Waals surface area contributed by atoms with Gasteiger partial charge in [0.25, 0.3) is 5.91 Å². The molecule has 0 aliphatic carbocycles. The van der Waals surface area contributed by atoms with Gasteiger partial charge in [0.15, 0.2) is 5.54 Å². The molecule has 4 heteroatoms. The third-order valence-corrected chi connectivity index (χ3v) is 2.46. The molecule has 0 aromatic heterocycles. The Morgan fingerprint density at radius 1 is 1.58 bits per heavy atom. The van der Waals surface area contributed by atoms with Crippen LogP contribution in [-0.2, 0) is 4.79 Å². The van der Waals surface area contributed by atoms with Crippen molar-refractivity contribution in [3.8, 4) is 0 Å². The first-order valence-electron chi connectivity index (χ1n) is 4.32. The lowest BCUT2D eigenvalue weighted by molar-refractivity contribution is -0.124. The van der Waals surface area contributed by atoms with E-state index in [4.69, 9.17) is 0 Å². The molecule has 0 saturated carbocycles. The molecule has 4 nitrogen and oxygen atoms in total. The summed E-state index contributed by atoms with van der Waals surface area (Å²) in [5.41, 5.74) is -0.470. The van der Waals surface area contributed by atoms with Gasteiger partial charge in [-0.3, -0.25) is 9.79 Å². The summed E-state index contributed by atoms with van der Waals surface area (Å²) in [5, 5.41) is 5.95. The zero-order chi connectivity index (χ0) is 8.60. The van der Waals surface area contributed by atoms with Gasteiger partial charge in [0.05, 0.1) is 0 Å². The lowest BCUT2D eigenvalue weighted by Gasteiger charge is -2.28. The van der Waals surface area contributed by atoms with Crippen LogP contribution in [0, 0.1) is 0 Å². The van der Waals surface area contributed by atoms with Gasteiger partial charge in [-0.2, -0.15) is 0 Å². The van der Waals surface area contributed by atoms with Gasteiger partial charge in [-0.05, 0) is 26.3 Å². The first-order chi connectivity index (χ1) is 5.73. The van der Waals surface area contributed by atoms with E-state index in [9.17, 15) is 4.79 Å². The normalized spacial score (nSPS) is 35.1. The lowest BCUT2D eigenvalue weighted by atomic mass is 9.91. The molecule has 0 radical (unpaired) electrons. The zero-order valence-electron chi connectivity index (χ0n) is 7.18. The van der Waals surface area contributed by atoms with Crippen LogP contribution in [0.3, 0.4) is 0 Å². The van der Waals surface area contributed by atoms with E-state index in [1.165, 1.54) is 0 Å². The number of aliphatic imine (C=N–C) groups is 1. The number of amides is 1. The van der Waals surface area contributed by atoms with Crippen molar-refractivity contribution >= 4 is 11.7 Å². The van der Waals surface area contributed by atoms with E-state index in [2.05, 4.69) is 15.6 Å². The largest absolute Gasteiger partial charge is 0.314 e. The fourth-order valence-corrected chi connectivity index (χ4v) is 1.86. The Kier molecular flexibility index (Phi) is 1.65. The second-order valence-corrected chi connectivity index (χ2v) is 3.46. The molecule has 1 fully saturated rings. The predicted molar refractivity (Wildman–Crippen MR) is 46.1 cm³/mol. The smallest absolute Gasteiger partial charge is 0.254 e. The van der Waals surface area contributed by atoms with Gasteiger partial charge in [0, 0.05) is 6.54 Å². The van der Waals surface area contributed by atoms with E-state index in [0.717, 1.165) is 25.2 Å². The molecule has 2 N–H and O–H groups in total. The second kappa shape index (κ2) is 2.55. The summed E-state index contributed by atoms with van der Waals surface area (Å²) in [6, 6.07) is 0. The number of nitrogens with one attached hydrogen (secondary N) is 2. The molecule has 2 aliphatic heterocycles. The van der Waals surface area contributed by atoms with Crippen molar-refractivity contribution in [2.45, 2.75) is 25.3 Å². The molecule has 12 heavy (non-hydrogen) atoms. The van der Waals surface area contributed by atoms with Crippen molar-refractivity contribution in [3.63, 3.8) is 0 Å². The first-order valence-corrected chi connectivity index (χ1v) is 4.32. The summed E-state index contributed by atoms with van der Waals surface area (Å²) in [6.07, 6.45) is 1.91. The molecule has 0 bridgehead atoms.